The van der Waals surface area contributed by atoms with E-state index in [-0.39, 0.29) is 10.7 Å². The lowest BCUT2D eigenvalue weighted by Gasteiger charge is -2.30. The maximum atomic E-state index is 13.4. The molecule has 4 rings (SSSR count). The minimum atomic E-state index is -0.495. The van der Waals surface area contributed by atoms with Crippen LogP contribution in [0.2, 0.25) is 0 Å². The van der Waals surface area contributed by atoms with Crippen LogP contribution in [0.25, 0.3) is 11.8 Å². The molecule has 0 radical (unpaired) electrons. The number of nitrogens with zero attached hydrogens (tertiary/aromatic N) is 2. The molecule has 1 aliphatic rings. The molecule has 1 fully saturated rings. The largest absolute Gasteiger partial charge is 0.318 e. The molecule has 2 amide bonds. The van der Waals surface area contributed by atoms with Crippen molar-refractivity contribution >= 4 is 79.4 Å². The van der Waals surface area contributed by atoms with E-state index < -0.39 is 11.8 Å². The third-order valence-corrected chi connectivity index (χ3v) is 6.85. The highest BCUT2D eigenvalue weighted by molar-refractivity contribution is 14.1. The van der Waals surface area contributed by atoms with Crippen LogP contribution in [0.15, 0.2) is 58.6 Å². The highest BCUT2D eigenvalue weighted by atomic mass is 127. The predicted octanol–water partition coefficient (Wildman–Crippen LogP) is 5.60. The van der Waals surface area contributed by atoms with E-state index in [4.69, 9.17) is 12.2 Å². The number of benzene rings is 2. The number of hydrogen-bond acceptors (Lipinski definition) is 3. The Balaban J connectivity index is 1.77. The molecule has 0 unspecified atom stereocenters. The summed E-state index contributed by atoms with van der Waals surface area (Å²) in [6.07, 6.45) is 1.64. The highest BCUT2D eigenvalue weighted by Gasteiger charge is 2.35. The van der Waals surface area contributed by atoms with E-state index in [2.05, 4.69) is 48.4 Å². The van der Waals surface area contributed by atoms with Crippen LogP contribution in [0.3, 0.4) is 0 Å². The number of carbonyl (C=O) groups is 2. The van der Waals surface area contributed by atoms with E-state index in [1.807, 2.05) is 63.2 Å². The highest BCUT2D eigenvalue weighted by Crippen LogP contribution is 2.29. The van der Waals surface area contributed by atoms with Crippen LogP contribution in [0.4, 0.5) is 5.69 Å². The summed E-state index contributed by atoms with van der Waals surface area (Å²) in [5.41, 5.74) is 5.33. The summed E-state index contributed by atoms with van der Waals surface area (Å²) in [7, 11) is 0. The molecule has 0 aliphatic carbocycles. The Hall–Kier alpha value is -2.30. The van der Waals surface area contributed by atoms with Crippen molar-refractivity contribution in [3.8, 4) is 5.69 Å². The van der Waals surface area contributed by atoms with Gasteiger partial charge in [-0.25, -0.2) is 0 Å². The molecule has 1 aromatic heterocycles. The van der Waals surface area contributed by atoms with Crippen LogP contribution in [-0.4, -0.2) is 21.5 Å². The second kappa shape index (κ2) is 8.92. The number of aromatic nitrogens is 1. The fraction of sp³-hybridized carbons (Fsp3) is 0.125. The molecular formula is C24H19BrIN3O2S. The molecule has 0 bridgehead atoms. The normalized spacial score (nSPS) is 15.5. The van der Waals surface area contributed by atoms with Gasteiger partial charge in [0.05, 0.1) is 5.69 Å². The SMILES string of the molecule is Cc1cc(Br)ccc1N1C(=O)/C(=C\c2cc(C)n(-c3ccc(I)cc3)c2C)C(=O)NC1=S. The van der Waals surface area contributed by atoms with Gasteiger partial charge in [-0.15, -0.1) is 0 Å². The Kier molecular flexibility index (Phi) is 6.37. The summed E-state index contributed by atoms with van der Waals surface area (Å²) in [6.45, 7) is 5.87. The first-order valence-electron chi connectivity index (χ1n) is 9.80. The average Bonchev–Trinajstić information content (AvgIpc) is 3.00. The van der Waals surface area contributed by atoms with Gasteiger partial charge in [0.25, 0.3) is 11.8 Å². The van der Waals surface area contributed by atoms with Crippen LogP contribution >= 0.6 is 50.7 Å². The van der Waals surface area contributed by atoms with Gasteiger partial charge in [0.15, 0.2) is 5.11 Å². The second-order valence-electron chi connectivity index (χ2n) is 7.53. The van der Waals surface area contributed by atoms with Gasteiger partial charge in [-0.05, 0) is 121 Å². The van der Waals surface area contributed by atoms with Crippen LogP contribution in [-0.2, 0) is 9.59 Å². The molecule has 1 N–H and O–H groups in total. The molecule has 1 aliphatic heterocycles. The van der Waals surface area contributed by atoms with Gasteiger partial charge in [-0.2, -0.15) is 0 Å². The number of aryl methyl sites for hydroxylation is 2. The minimum Gasteiger partial charge on any atom is -0.318 e. The first-order valence-corrected chi connectivity index (χ1v) is 12.1. The second-order valence-corrected chi connectivity index (χ2v) is 10.1. The van der Waals surface area contributed by atoms with Crippen molar-refractivity contribution in [2.24, 2.45) is 0 Å². The molecule has 2 aromatic carbocycles. The van der Waals surface area contributed by atoms with E-state index in [1.54, 1.807) is 12.1 Å². The van der Waals surface area contributed by atoms with Crippen LogP contribution in [0.5, 0.6) is 0 Å². The number of amides is 2. The average molecular weight is 620 g/mol. The molecule has 2 heterocycles. The summed E-state index contributed by atoms with van der Waals surface area (Å²) in [5, 5.41) is 2.74. The zero-order valence-corrected chi connectivity index (χ0v) is 22.1. The summed E-state index contributed by atoms with van der Waals surface area (Å²) < 4.78 is 4.16. The van der Waals surface area contributed by atoms with Crippen LogP contribution in [0.1, 0.15) is 22.5 Å². The molecule has 162 valence electrons. The van der Waals surface area contributed by atoms with E-state index in [0.717, 1.165) is 36.2 Å². The molecule has 8 heteroatoms. The Morgan fingerprint density at radius 2 is 1.72 bits per heavy atom. The lowest BCUT2D eigenvalue weighted by Crippen LogP contribution is -2.54. The molecule has 3 aromatic rings. The van der Waals surface area contributed by atoms with Crippen molar-refractivity contribution in [1.29, 1.82) is 0 Å². The third-order valence-electron chi connectivity index (χ3n) is 5.36. The van der Waals surface area contributed by atoms with Gasteiger partial charge < -0.3 is 4.57 Å². The number of halogens is 2. The van der Waals surface area contributed by atoms with Crippen LogP contribution in [0, 0.1) is 24.3 Å². The molecule has 0 saturated carbocycles. The molecule has 32 heavy (non-hydrogen) atoms. The Morgan fingerprint density at radius 1 is 1.03 bits per heavy atom. The summed E-state index contributed by atoms with van der Waals surface area (Å²) >= 11 is 11.0. The van der Waals surface area contributed by atoms with Gasteiger partial charge in [0, 0.05) is 25.1 Å². The van der Waals surface area contributed by atoms with Crippen molar-refractivity contribution in [3.05, 3.63) is 84.7 Å². The molecule has 5 nitrogen and oxygen atoms in total. The van der Waals surface area contributed by atoms with E-state index in [0.29, 0.717) is 5.69 Å². The first-order chi connectivity index (χ1) is 15.2. The molecular weight excluding hydrogens is 601 g/mol. The van der Waals surface area contributed by atoms with Gasteiger partial charge >= 0.3 is 0 Å². The van der Waals surface area contributed by atoms with Gasteiger partial charge in [-0.1, -0.05) is 15.9 Å². The van der Waals surface area contributed by atoms with E-state index in [9.17, 15) is 9.59 Å². The van der Waals surface area contributed by atoms with Crippen LogP contribution < -0.4 is 10.2 Å². The maximum Gasteiger partial charge on any atom is 0.270 e. The third kappa shape index (κ3) is 4.18. The number of nitrogens with one attached hydrogen (secondary N) is 1. The van der Waals surface area contributed by atoms with Gasteiger partial charge in [-0.3, -0.25) is 19.8 Å². The Labute approximate surface area is 213 Å². The van der Waals surface area contributed by atoms with E-state index in [1.165, 1.54) is 4.90 Å². The standard InChI is InChI=1S/C24H19BrIN3O2S/c1-13-10-17(25)4-9-21(13)29-23(31)20(22(30)27-24(29)32)12-16-11-14(2)28(15(16)3)19-7-5-18(26)6-8-19/h4-12H,1-3H3,(H,27,30,32)/b20-12-. The smallest absolute Gasteiger partial charge is 0.270 e. The van der Waals surface area contributed by atoms with Crippen molar-refractivity contribution < 1.29 is 9.59 Å². The lowest BCUT2D eigenvalue weighted by atomic mass is 10.1. The van der Waals surface area contributed by atoms with Gasteiger partial charge in [0.1, 0.15) is 5.57 Å². The lowest BCUT2D eigenvalue weighted by molar-refractivity contribution is -0.122. The predicted molar refractivity (Wildman–Crippen MR) is 143 cm³/mol. The number of carbonyl (C=O) groups excluding carboxylic acids is 2. The van der Waals surface area contributed by atoms with Crippen molar-refractivity contribution in [3.63, 3.8) is 0 Å². The number of thiocarbonyl (C=S) groups is 1. The topological polar surface area (TPSA) is 54.3 Å². The molecule has 1 saturated heterocycles. The maximum absolute atomic E-state index is 13.4. The van der Waals surface area contributed by atoms with E-state index >= 15 is 0 Å². The van der Waals surface area contributed by atoms with Gasteiger partial charge in [0.2, 0.25) is 0 Å². The zero-order chi connectivity index (χ0) is 23.2. The number of hydrogen-bond donors (Lipinski definition) is 1. The molecule has 0 spiro atoms. The molecule has 0 atom stereocenters. The zero-order valence-electron chi connectivity index (χ0n) is 17.6. The Morgan fingerprint density at radius 3 is 2.38 bits per heavy atom. The first kappa shape index (κ1) is 22.9. The number of rotatable bonds is 3. The summed E-state index contributed by atoms with van der Waals surface area (Å²) in [5.74, 6) is -0.937. The monoisotopic (exact) mass is 619 g/mol. The van der Waals surface area contributed by atoms with Crippen molar-refractivity contribution in [2.75, 3.05) is 4.90 Å². The van der Waals surface area contributed by atoms with Crippen molar-refractivity contribution in [2.45, 2.75) is 20.8 Å². The quantitative estimate of drug-likeness (QED) is 0.180. The van der Waals surface area contributed by atoms with Crippen molar-refractivity contribution in [1.82, 2.24) is 9.88 Å². The minimum absolute atomic E-state index is 0.0452. The summed E-state index contributed by atoms with van der Waals surface area (Å²) in [6, 6.07) is 15.7. The Bertz CT molecular complexity index is 1310. The fourth-order valence-corrected chi connectivity index (χ4v) is 4.93. The number of anilines is 1. The summed E-state index contributed by atoms with van der Waals surface area (Å²) in [4.78, 5) is 27.5. The fourth-order valence-electron chi connectivity index (χ4n) is 3.82.